The predicted molar refractivity (Wildman–Crippen MR) is 116 cm³/mol. The first kappa shape index (κ1) is 23.0. The number of amides is 3. The molecule has 7 nitrogen and oxygen atoms in total. The molecule has 0 aromatic heterocycles. The standard InChI is InChI=1S/C22H36N4O3/c1-5-25(6-2)14-8-9-17(4)23-22(28)24-18-15-21(27)26(16-18)19-10-12-20(13-11-19)29-7-3/h10-13,17-18H,5-9,14-16H2,1-4H3,(H2,23,24,28)/p+1/t17-,18-/m0/s1. The van der Waals surface area contributed by atoms with E-state index >= 15 is 0 Å². The maximum Gasteiger partial charge on any atom is 0.315 e. The maximum atomic E-state index is 12.4. The van der Waals surface area contributed by atoms with Crippen molar-refractivity contribution < 1.29 is 19.2 Å². The largest absolute Gasteiger partial charge is 0.494 e. The molecule has 1 fully saturated rings. The lowest BCUT2D eigenvalue weighted by Gasteiger charge is -2.20. The van der Waals surface area contributed by atoms with E-state index in [2.05, 4.69) is 24.5 Å². The minimum atomic E-state index is -0.195. The zero-order valence-corrected chi connectivity index (χ0v) is 18.3. The summed E-state index contributed by atoms with van der Waals surface area (Å²) in [7, 11) is 0. The number of hydrogen-bond acceptors (Lipinski definition) is 3. The lowest BCUT2D eigenvalue weighted by Crippen LogP contribution is -3.11. The zero-order valence-electron chi connectivity index (χ0n) is 18.3. The summed E-state index contributed by atoms with van der Waals surface area (Å²) in [6.07, 6.45) is 2.37. The second kappa shape index (κ2) is 11.7. The topological polar surface area (TPSA) is 75.1 Å². The number of rotatable bonds is 11. The molecule has 3 N–H and O–H groups in total. The molecule has 1 aromatic rings. The number of anilines is 1. The maximum absolute atomic E-state index is 12.4. The van der Waals surface area contributed by atoms with Crippen molar-refractivity contribution in [1.29, 1.82) is 0 Å². The van der Waals surface area contributed by atoms with Gasteiger partial charge in [0.2, 0.25) is 5.91 Å². The average Bonchev–Trinajstić information content (AvgIpc) is 3.06. The van der Waals surface area contributed by atoms with E-state index in [1.54, 1.807) is 9.80 Å². The van der Waals surface area contributed by atoms with Crippen molar-refractivity contribution in [3.8, 4) is 5.75 Å². The predicted octanol–water partition coefficient (Wildman–Crippen LogP) is 1.58. The van der Waals surface area contributed by atoms with E-state index < -0.39 is 0 Å². The van der Waals surface area contributed by atoms with E-state index in [1.165, 1.54) is 0 Å². The van der Waals surface area contributed by atoms with Crippen LogP contribution >= 0.6 is 0 Å². The van der Waals surface area contributed by atoms with E-state index in [4.69, 9.17) is 4.74 Å². The Morgan fingerprint density at radius 1 is 1.24 bits per heavy atom. The van der Waals surface area contributed by atoms with Gasteiger partial charge in [-0.2, -0.15) is 0 Å². The van der Waals surface area contributed by atoms with Gasteiger partial charge < -0.3 is 25.2 Å². The normalized spacial score (nSPS) is 17.5. The number of nitrogens with one attached hydrogen (secondary N) is 3. The molecule has 2 rings (SSSR count). The summed E-state index contributed by atoms with van der Waals surface area (Å²) < 4.78 is 5.44. The minimum absolute atomic E-state index is 0.0229. The molecule has 1 aliphatic rings. The molecule has 0 spiro atoms. The van der Waals surface area contributed by atoms with E-state index in [1.807, 2.05) is 38.1 Å². The molecule has 7 heteroatoms. The average molecular weight is 406 g/mol. The highest BCUT2D eigenvalue weighted by atomic mass is 16.5. The third-order valence-electron chi connectivity index (χ3n) is 5.46. The van der Waals surface area contributed by atoms with Gasteiger partial charge in [0.25, 0.3) is 0 Å². The van der Waals surface area contributed by atoms with Gasteiger partial charge in [-0.1, -0.05) is 0 Å². The Balaban J connectivity index is 1.76. The number of hydrogen-bond donors (Lipinski definition) is 3. The number of ether oxygens (including phenoxy) is 1. The summed E-state index contributed by atoms with van der Waals surface area (Å²) in [5.74, 6) is 0.809. The quantitative estimate of drug-likeness (QED) is 0.523. The number of carbonyl (C=O) groups excluding carboxylic acids is 2. The molecule has 162 valence electrons. The van der Waals surface area contributed by atoms with Crippen LogP contribution in [0.4, 0.5) is 10.5 Å². The molecule has 1 heterocycles. The van der Waals surface area contributed by atoms with Crippen LogP contribution in [0.2, 0.25) is 0 Å². The van der Waals surface area contributed by atoms with Crippen LogP contribution in [0.25, 0.3) is 0 Å². The first-order valence-corrected chi connectivity index (χ1v) is 10.9. The smallest absolute Gasteiger partial charge is 0.315 e. The highest BCUT2D eigenvalue weighted by molar-refractivity contribution is 5.96. The number of nitrogens with zero attached hydrogens (tertiary/aromatic N) is 1. The van der Waals surface area contributed by atoms with Gasteiger partial charge in [0.1, 0.15) is 5.75 Å². The van der Waals surface area contributed by atoms with Crippen LogP contribution in [0.1, 0.15) is 47.0 Å². The number of carbonyl (C=O) groups is 2. The fourth-order valence-electron chi connectivity index (χ4n) is 3.73. The Morgan fingerprint density at radius 3 is 2.55 bits per heavy atom. The van der Waals surface area contributed by atoms with Crippen molar-refractivity contribution in [2.75, 3.05) is 37.7 Å². The second-order valence-electron chi connectivity index (χ2n) is 7.70. The van der Waals surface area contributed by atoms with Crippen LogP contribution in [-0.2, 0) is 4.79 Å². The fraction of sp³-hybridized carbons (Fsp3) is 0.636. The van der Waals surface area contributed by atoms with Gasteiger partial charge in [0, 0.05) is 24.7 Å². The Labute approximate surface area is 174 Å². The first-order valence-electron chi connectivity index (χ1n) is 10.9. The molecule has 0 aliphatic carbocycles. The SMILES string of the molecule is CCOc1ccc(N2C[C@@H](NC(=O)N[C@@H](C)CCC[NH+](CC)CC)CC2=O)cc1. The summed E-state index contributed by atoms with van der Waals surface area (Å²) in [5.41, 5.74) is 0.829. The van der Waals surface area contributed by atoms with Crippen molar-refractivity contribution in [2.45, 2.75) is 59.0 Å². The summed E-state index contributed by atoms with van der Waals surface area (Å²) in [5, 5.41) is 5.95. The van der Waals surface area contributed by atoms with E-state index in [0.717, 1.165) is 43.9 Å². The van der Waals surface area contributed by atoms with Crippen molar-refractivity contribution >= 4 is 17.6 Å². The third kappa shape index (κ3) is 7.24. The van der Waals surface area contributed by atoms with Gasteiger partial charge in [-0.05, 0) is 64.8 Å². The first-order chi connectivity index (χ1) is 14.0. The minimum Gasteiger partial charge on any atom is -0.494 e. The molecule has 0 unspecified atom stereocenters. The van der Waals surface area contributed by atoms with Gasteiger partial charge in [-0.3, -0.25) is 4.79 Å². The summed E-state index contributed by atoms with van der Waals surface area (Å²) in [4.78, 5) is 28.0. The van der Waals surface area contributed by atoms with Gasteiger partial charge in [0.05, 0.1) is 32.3 Å². The number of quaternary nitrogens is 1. The zero-order chi connectivity index (χ0) is 21.2. The van der Waals surface area contributed by atoms with Crippen LogP contribution in [0, 0.1) is 0 Å². The molecule has 2 atom stereocenters. The fourth-order valence-corrected chi connectivity index (χ4v) is 3.73. The lowest BCUT2D eigenvalue weighted by molar-refractivity contribution is -0.896. The molecule has 0 saturated carbocycles. The van der Waals surface area contributed by atoms with Gasteiger partial charge in [-0.15, -0.1) is 0 Å². The monoisotopic (exact) mass is 405 g/mol. The highest BCUT2D eigenvalue weighted by Crippen LogP contribution is 2.24. The Hall–Kier alpha value is -2.28. The lowest BCUT2D eigenvalue weighted by atomic mass is 10.2. The molecule has 29 heavy (non-hydrogen) atoms. The molecule has 1 saturated heterocycles. The second-order valence-corrected chi connectivity index (χ2v) is 7.70. The summed E-state index contributed by atoms with van der Waals surface area (Å²) >= 11 is 0. The van der Waals surface area contributed by atoms with Crippen LogP contribution in [0.15, 0.2) is 24.3 Å². The van der Waals surface area contributed by atoms with Crippen LogP contribution in [0.5, 0.6) is 5.75 Å². The van der Waals surface area contributed by atoms with Gasteiger partial charge >= 0.3 is 6.03 Å². The molecule has 1 aromatic carbocycles. The van der Waals surface area contributed by atoms with Crippen LogP contribution < -0.4 is 25.2 Å². The third-order valence-corrected chi connectivity index (χ3v) is 5.46. The number of urea groups is 1. The van der Waals surface area contributed by atoms with Crippen molar-refractivity contribution in [3.05, 3.63) is 24.3 Å². The van der Waals surface area contributed by atoms with E-state index in [9.17, 15) is 9.59 Å². The number of benzene rings is 1. The Bertz CT molecular complexity index is 646. The van der Waals surface area contributed by atoms with E-state index in [-0.39, 0.29) is 24.0 Å². The molecular formula is C22H37N4O3+. The summed E-state index contributed by atoms with van der Waals surface area (Å²) in [6.45, 7) is 12.9. The van der Waals surface area contributed by atoms with Crippen LogP contribution in [-0.4, -0.2) is 56.8 Å². The molecular weight excluding hydrogens is 368 g/mol. The molecule has 0 bridgehead atoms. The van der Waals surface area contributed by atoms with Crippen molar-refractivity contribution in [1.82, 2.24) is 10.6 Å². The van der Waals surface area contributed by atoms with E-state index in [0.29, 0.717) is 19.6 Å². The Morgan fingerprint density at radius 2 is 1.93 bits per heavy atom. The molecule has 1 aliphatic heterocycles. The highest BCUT2D eigenvalue weighted by Gasteiger charge is 2.31. The summed E-state index contributed by atoms with van der Waals surface area (Å²) in [6, 6.07) is 7.23. The van der Waals surface area contributed by atoms with Crippen molar-refractivity contribution in [2.24, 2.45) is 0 Å². The van der Waals surface area contributed by atoms with Crippen LogP contribution in [0.3, 0.4) is 0 Å². The molecule has 3 amide bonds. The Kier molecular flexibility index (Phi) is 9.25. The van der Waals surface area contributed by atoms with Gasteiger partial charge in [-0.25, -0.2) is 4.79 Å². The van der Waals surface area contributed by atoms with Crippen molar-refractivity contribution in [3.63, 3.8) is 0 Å². The van der Waals surface area contributed by atoms with Gasteiger partial charge in [0.15, 0.2) is 0 Å². The molecule has 0 radical (unpaired) electrons.